The summed E-state index contributed by atoms with van der Waals surface area (Å²) in [7, 11) is 0. The molecule has 0 radical (unpaired) electrons. The van der Waals surface area contributed by atoms with E-state index in [-0.39, 0.29) is 24.0 Å². The molecule has 1 atom stereocenters. The van der Waals surface area contributed by atoms with Crippen molar-refractivity contribution < 1.29 is 14.3 Å². The lowest BCUT2D eigenvalue weighted by Gasteiger charge is -2.37. The number of carbonyl (C=O) groups is 2. The lowest BCUT2D eigenvalue weighted by molar-refractivity contribution is -0.120. The van der Waals surface area contributed by atoms with Crippen LogP contribution in [0.5, 0.6) is 5.75 Å². The number of pyridine rings is 1. The second-order valence-corrected chi connectivity index (χ2v) is 8.04. The van der Waals surface area contributed by atoms with Gasteiger partial charge >= 0.3 is 0 Å². The number of benzene rings is 1. The fraction of sp³-hybridized carbons (Fsp3) is 0.261. The molecule has 6 heteroatoms. The number of amides is 1. The molecule has 0 spiro atoms. The van der Waals surface area contributed by atoms with Crippen molar-refractivity contribution in [1.29, 1.82) is 0 Å². The van der Waals surface area contributed by atoms with Gasteiger partial charge in [0.1, 0.15) is 18.2 Å². The summed E-state index contributed by atoms with van der Waals surface area (Å²) in [6, 6.07) is 11.3. The van der Waals surface area contributed by atoms with Crippen molar-refractivity contribution in [3.63, 3.8) is 0 Å². The second-order valence-electron chi connectivity index (χ2n) is 7.13. The van der Waals surface area contributed by atoms with Crippen molar-refractivity contribution >= 4 is 33.4 Å². The number of halogens is 1. The molecular weight excluding hydrogens is 432 g/mol. The van der Waals surface area contributed by atoms with E-state index in [0.717, 1.165) is 33.5 Å². The summed E-state index contributed by atoms with van der Waals surface area (Å²) in [5, 5.41) is 0. The minimum absolute atomic E-state index is 0.0368. The molecule has 4 rings (SSSR count). The van der Waals surface area contributed by atoms with Crippen LogP contribution in [-0.2, 0) is 9.59 Å². The first-order chi connectivity index (χ1) is 14.1. The molecule has 0 bridgehead atoms. The van der Waals surface area contributed by atoms with Gasteiger partial charge in [0.2, 0.25) is 5.91 Å². The normalized spacial score (nSPS) is 19.2. The Bertz CT molecular complexity index is 980. The molecular formula is C23H21BrN2O3. The highest BCUT2D eigenvalue weighted by atomic mass is 79.9. The zero-order valence-electron chi connectivity index (χ0n) is 15.9. The Kier molecular flexibility index (Phi) is 5.62. The number of ether oxygens (including phenoxy) is 1. The third-order valence-electron chi connectivity index (χ3n) is 5.27. The number of ketones is 1. The third kappa shape index (κ3) is 3.90. The Hall–Kier alpha value is -2.73. The van der Waals surface area contributed by atoms with E-state index in [2.05, 4.69) is 27.5 Å². The van der Waals surface area contributed by atoms with Crippen LogP contribution in [0, 0.1) is 0 Å². The third-order valence-corrected chi connectivity index (χ3v) is 5.74. The molecule has 2 aromatic rings. The zero-order chi connectivity index (χ0) is 20.4. The molecule has 0 saturated carbocycles. The molecule has 1 aliphatic carbocycles. The number of rotatable bonds is 5. The molecule has 1 aromatic carbocycles. The van der Waals surface area contributed by atoms with Crippen molar-refractivity contribution in [1.82, 2.24) is 4.98 Å². The number of hydrogen-bond donors (Lipinski definition) is 0. The lowest BCUT2D eigenvalue weighted by Crippen LogP contribution is -2.41. The molecule has 2 aliphatic rings. The van der Waals surface area contributed by atoms with Gasteiger partial charge in [-0.2, -0.15) is 0 Å². The van der Waals surface area contributed by atoms with Gasteiger partial charge in [-0.25, -0.2) is 4.98 Å². The van der Waals surface area contributed by atoms with Crippen LogP contribution in [0.1, 0.15) is 37.2 Å². The standard InChI is InChI=1S/C23H21BrN2O3/c1-2-12-29-17-9-6-15(7-10-17)18-13-22(28)26(21-11-8-16(24)14-25-21)19-4-3-5-20(27)23(18)19/h2,6-11,14,18H,1,3-5,12-13H2. The summed E-state index contributed by atoms with van der Waals surface area (Å²) in [4.78, 5) is 32.1. The molecule has 0 fully saturated rings. The minimum Gasteiger partial charge on any atom is -0.490 e. The van der Waals surface area contributed by atoms with Gasteiger partial charge in [-0.1, -0.05) is 24.8 Å². The Morgan fingerprint density at radius 2 is 1.97 bits per heavy atom. The van der Waals surface area contributed by atoms with E-state index >= 15 is 0 Å². The van der Waals surface area contributed by atoms with E-state index in [0.29, 0.717) is 25.3 Å². The maximum Gasteiger partial charge on any atom is 0.233 e. The molecule has 1 aromatic heterocycles. The van der Waals surface area contributed by atoms with Gasteiger partial charge in [-0.3, -0.25) is 14.5 Å². The van der Waals surface area contributed by atoms with E-state index in [1.165, 1.54) is 0 Å². The van der Waals surface area contributed by atoms with Crippen LogP contribution < -0.4 is 9.64 Å². The van der Waals surface area contributed by atoms with Crippen molar-refractivity contribution in [3.8, 4) is 5.75 Å². The molecule has 0 saturated heterocycles. The second kappa shape index (κ2) is 8.33. The van der Waals surface area contributed by atoms with Crippen LogP contribution in [-0.4, -0.2) is 23.3 Å². The minimum atomic E-state index is -0.231. The van der Waals surface area contributed by atoms with E-state index in [1.807, 2.05) is 30.3 Å². The summed E-state index contributed by atoms with van der Waals surface area (Å²) >= 11 is 3.38. The van der Waals surface area contributed by atoms with Crippen molar-refractivity contribution in [2.45, 2.75) is 31.6 Å². The van der Waals surface area contributed by atoms with Gasteiger partial charge in [-0.05, 0) is 58.6 Å². The Balaban J connectivity index is 1.74. The molecule has 29 heavy (non-hydrogen) atoms. The first-order valence-electron chi connectivity index (χ1n) is 9.63. The first kappa shape index (κ1) is 19.6. The van der Waals surface area contributed by atoms with Crippen molar-refractivity contribution in [2.24, 2.45) is 0 Å². The quantitative estimate of drug-likeness (QED) is 0.602. The topological polar surface area (TPSA) is 59.5 Å². The smallest absolute Gasteiger partial charge is 0.233 e. The summed E-state index contributed by atoms with van der Waals surface area (Å²) in [5.74, 6) is 1.15. The average Bonchev–Trinajstić information content (AvgIpc) is 2.73. The number of allylic oxidation sites excluding steroid dienone is 2. The number of carbonyl (C=O) groups excluding carboxylic acids is 2. The van der Waals surface area contributed by atoms with Gasteiger partial charge in [0.15, 0.2) is 5.78 Å². The number of Topliss-reactive ketones (excluding diaryl/α,β-unsaturated/α-hetero) is 1. The SMILES string of the molecule is C=CCOc1ccc(C2CC(=O)N(c3ccc(Br)cn3)C3=C2C(=O)CCC3)cc1. The fourth-order valence-electron chi connectivity index (χ4n) is 4.00. The molecule has 1 unspecified atom stereocenters. The molecule has 0 N–H and O–H groups in total. The molecule has 2 heterocycles. The van der Waals surface area contributed by atoms with Crippen LogP contribution >= 0.6 is 15.9 Å². The first-order valence-corrected chi connectivity index (χ1v) is 10.4. The van der Waals surface area contributed by atoms with Gasteiger partial charge in [-0.15, -0.1) is 0 Å². The van der Waals surface area contributed by atoms with Crippen LogP contribution in [0.25, 0.3) is 0 Å². The fourth-order valence-corrected chi connectivity index (χ4v) is 4.23. The predicted molar refractivity (Wildman–Crippen MR) is 115 cm³/mol. The van der Waals surface area contributed by atoms with Gasteiger partial charge in [0.05, 0.1) is 0 Å². The summed E-state index contributed by atoms with van der Waals surface area (Å²) in [6.07, 6.45) is 5.57. The highest BCUT2D eigenvalue weighted by Gasteiger charge is 2.40. The molecule has 148 valence electrons. The van der Waals surface area contributed by atoms with Crippen LogP contribution in [0.2, 0.25) is 0 Å². The number of nitrogens with zero attached hydrogens (tertiary/aromatic N) is 2. The predicted octanol–water partition coefficient (Wildman–Crippen LogP) is 4.94. The summed E-state index contributed by atoms with van der Waals surface area (Å²) < 4.78 is 6.39. The lowest BCUT2D eigenvalue weighted by atomic mass is 9.77. The largest absolute Gasteiger partial charge is 0.490 e. The molecule has 1 amide bonds. The van der Waals surface area contributed by atoms with Gasteiger partial charge in [0.25, 0.3) is 0 Å². The Labute approximate surface area is 178 Å². The zero-order valence-corrected chi connectivity index (χ0v) is 17.5. The highest BCUT2D eigenvalue weighted by Crippen LogP contribution is 2.43. The molecule has 5 nitrogen and oxygen atoms in total. The van der Waals surface area contributed by atoms with Crippen molar-refractivity contribution in [3.05, 3.63) is 76.6 Å². The van der Waals surface area contributed by atoms with E-state index < -0.39 is 0 Å². The average molecular weight is 453 g/mol. The Morgan fingerprint density at radius 3 is 2.66 bits per heavy atom. The number of anilines is 1. The monoisotopic (exact) mass is 452 g/mol. The van der Waals surface area contributed by atoms with E-state index in [9.17, 15) is 9.59 Å². The maximum absolute atomic E-state index is 13.1. The van der Waals surface area contributed by atoms with Gasteiger partial charge < -0.3 is 4.74 Å². The summed E-state index contributed by atoms with van der Waals surface area (Å²) in [6.45, 7) is 4.08. The Morgan fingerprint density at radius 1 is 1.17 bits per heavy atom. The number of aromatic nitrogens is 1. The van der Waals surface area contributed by atoms with E-state index in [4.69, 9.17) is 4.74 Å². The summed E-state index contributed by atoms with van der Waals surface area (Å²) in [5.41, 5.74) is 2.50. The van der Waals surface area contributed by atoms with Crippen LogP contribution in [0.4, 0.5) is 5.82 Å². The highest BCUT2D eigenvalue weighted by molar-refractivity contribution is 9.10. The molecule has 1 aliphatic heterocycles. The maximum atomic E-state index is 13.1. The number of hydrogen-bond acceptors (Lipinski definition) is 4. The van der Waals surface area contributed by atoms with Crippen molar-refractivity contribution in [2.75, 3.05) is 11.5 Å². The van der Waals surface area contributed by atoms with Crippen LogP contribution in [0.3, 0.4) is 0 Å². The van der Waals surface area contributed by atoms with E-state index in [1.54, 1.807) is 23.2 Å². The van der Waals surface area contributed by atoms with Gasteiger partial charge in [0, 0.05) is 40.7 Å². The van der Waals surface area contributed by atoms with Crippen LogP contribution in [0.15, 0.2) is 71.0 Å².